The lowest BCUT2D eigenvalue weighted by molar-refractivity contribution is -0.121. The van der Waals surface area contributed by atoms with Gasteiger partial charge in [0, 0.05) is 32.1 Å². The molecule has 1 aliphatic heterocycles. The van der Waals surface area contributed by atoms with Crippen LogP contribution in [0.15, 0.2) is 57.6 Å². The average molecular weight is 351 g/mol. The molecule has 134 valence electrons. The van der Waals surface area contributed by atoms with Gasteiger partial charge in [-0.3, -0.25) is 9.69 Å². The first-order valence-electron chi connectivity index (χ1n) is 8.76. The molecule has 1 atom stereocenters. The van der Waals surface area contributed by atoms with Crippen molar-refractivity contribution >= 4 is 5.91 Å². The number of hydrogen-bond donors (Lipinski definition) is 1. The number of nitrogens with zero attached hydrogens (tertiary/aromatic N) is 2. The van der Waals surface area contributed by atoms with Crippen molar-refractivity contribution in [1.29, 1.82) is 0 Å². The van der Waals surface area contributed by atoms with Crippen molar-refractivity contribution in [2.45, 2.75) is 25.9 Å². The van der Waals surface area contributed by atoms with Gasteiger partial charge in [-0.1, -0.05) is 30.3 Å². The molecule has 1 aliphatic rings. The number of aromatic nitrogens is 1. The highest BCUT2D eigenvalue weighted by Crippen LogP contribution is 2.29. The predicted octanol–water partition coefficient (Wildman–Crippen LogP) is 3.31. The first-order valence-corrected chi connectivity index (χ1v) is 8.76. The van der Waals surface area contributed by atoms with Crippen molar-refractivity contribution in [3.8, 4) is 11.7 Å². The minimum absolute atomic E-state index is 0.0156. The Morgan fingerprint density at radius 2 is 2.08 bits per heavy atom. The van der Waals surface area contributed by atoms with Gasteiger partial charge in [-0.15, -0.1) is 0 Å². The molecule has 0 aliphatic carbocycles. The third-order valence-corrected chi connectivity index (χ3v) is 4.70. The van der Waals surface area contributed by atoms with Crippen LogP contribution in [0.4, 0.5) is 0 Å². The number of carbonyl (C=O) groups is 1. The number of rotatable bonds is 4. The quantitative estimate of drug-likeness (QED) is 0.781. The molecule has 3 aromatic rings. The van der Waals surface area contributed by atoms with Crippen LogP contribution in [-0.4, -0.2) is 28.9 Å². The summed E-state index contributed by atoms with van der Waals surface area (Å²) in [6.45, 7) is 3.91. The van der Waals surface area contributed by atoms with Crippen LogP contribution in [0.2, 0.25) is 0 Å². The van der Waals surface area contributed by atoms with Gasteiger partial charge in [0.05, 0.1) is 12.0 Å². The molecule has 0 bridgehead atoms. The predicted molar refractivity (Wildman–Crippen MR) is 96.2 cm³/mol. The highest BCUT2D eigenvalue weighted by molar-refractivity contribution is 5.77. The molecule has 6 nitrogen and oxygen atoms in total. The van der Waals surface area contributed by atoms with Crippen molar-refractivity contribution in [3.63, 3.8) is 0 Å². The lowest BCUT2D eigenvalue weighted by Crippen LogP contribution is -2.30. The summed E-state index contributed by atoms with van der Waals surface area (Å²) in [7, 11) is 0. The van der Waals surface area contributed by atoms with E-state index in [2.05, 4.69) is 27.3 Å². The zero-order chi connectivity index (χ0) is 17.9. The second-order valence-corrected chi connectivity index (χ2v) is 6.45. The number of oxazole rings is 1. The van der Waals surface area contributed by atoms with E-state index < -0.39 is 0 Å². The Hall–Kier alpha value is -2.86. The molecule has 0 spiro atoms. The van der Waals surface area contributed by atoms with Gasteiger partial charge in [-0.05, 0) is 24.6 Å². The molecule has 26 heavy (non-hydrogen) atoms. The molecule has 6 heteroatoms. The van der Waals surface area contributed by atoms with Crippen molar-refractivity contribution in [2.75, 3.05) is 13.1 Å². The second-order valence-electron chi connectivity index (χ2n) is 6.45. The summed E-state index contributed by atoms with van der Waals surface area (Å²) in [5, 5.41) is 2.96. The van der Waals surface area contributed by atoms with Crippen LogP contribution in [0.5, 0.6) is 0 Å². The van der Waals surface area contributed by atoms with Gasteiger partial charge in [0.15, 0.2) is 5.76 Å². The van der Waals surface area contributed by atoms with Gasteiger partial charge in [-0.25, -0.2) is 4.98 Å². The summed E-state index contributed by atoms with van der Waals surface area (Å²) in [6.07, 6.45) is 2.04. The zero-order valence-corrected chi connectivity index (χ0v) is 14.6. The Kier molecular flexibility index (Phi) is 4.58. The zero-order valence-electron chi connectivity index (χ0n) is 14.6. The molecular weight excluding hydrogens is 330 g/mol. The molecule has 0 unspecified atom stereocenters. The summed E-state index contributed by atoms with van der Waals surface area (Å²) in [5.41, 5.74) is 2.00. The Balaban J connectivity index is 1.61. The smallest absolute Gasteiger partial charge is 0.263 e. The fraction of sp³-hybridized carbons (Fsp3) is 0.300. The van der Waals surface area contributed by atoms with E-state index in [0.29, 0.717) is 31.2 Å². The summed E-state index contributed by atoms with van der Waals surface area (Å²) in [5.74, 6) is 1.95. The van der Waals surface area contributed by atoms with E-state index in [1.165, 1.54) is 0 Å². The molecule has 1 amide bonds. The maximum atomic E-state index is 12.1. The molecular formula is C20H21N3O3. The Morgan fingerprint density at radius 1 is 1.23 bits per heavy atom. The van der Waals surface area contributed by atoms with Gasteiger partial charge in [-0.2, -0.15) is 0 Å². The van der Waals surface area contributed by atoms with Gasteiger partial charge in [0.2, 0.25) is 5.91 Å². The monoisotopic (exact) mass is 351 g/mol. The van der Waals surface area contributed by atoms with E-state index in [1.807, 2.05) is 37.3 Å². The molecule has 2 aromatic heterocycles. The summed E-state index contributed by atoms with van der Waals surface area (Å²) in [6, 6.07) is 13.8. The number of furan rings is 1. The maximum Gasteiger partial charge on any atom is 0.263 e. The standard InChI is InChI=1S/C20H21N3O3/c1-14-16(22-20(26-14)18-8-5-11-25-18)13-23-10-9-21-19(24)12-17(23)15-6-3-2-4-7-15/h2-8,11,17H,9-10,12-13H2,1H3,(H,21,24)/t17-/m1/s1. The molecule has 1 N–H and O–H groups in total. The van der Waals surface area contributed by atoms with Crippen molar-refractivity contribution in [3.05, 3.63) is 65.7 Å². The van der Waals surface area contributed by atoms with Gasteiger partial charge in [0.1, 0.15) is 5.76 Å². The molecule has 4 rings (SSSR count). The number of benzene rings is 1. The second kappa shape index (κ2) is 7.17. The Morgan fingerprint density at radius 3 is 2.85 bits per heavy atom. The van der Waals surface area contributed by atoms with Crippen LogP contribution in [0.1, 0.15) is 29.5 Å². The van der Waals surface area contributed by atoms with Gasteiger partial charge >= 0.3 is 0 Å². The molecule has 3 heterocycles. The highest BCUT2D eigenvalue weighted by atomic mass is 16.4. The van der Waals surface area contributed by atoms with Crippen molar-refractivity contribution in [1.82, 2.24) is 15.2 Å². The molecule has 1 saturated heterocycles. The number of nitrogens with one attached hydrogen (secondary N) is 1. The third kappa shape index (κ3) is 3.41. The minimum atomic E-state index is 0.0156. The molecule has 0 radical (unpaired) electrons. The van der Waals surface area contributed by atoms with Crippen LogP contribution in [0.3, 0.4) is 0 Å². The summed E-state index contributed by atoms with van der Waals surface area (Å²) >= 11 is 0. The van der Waals surface area contributed by atoms with E-state index in [4.69, 9.17) is 8.83 Å². The Labute approximate surface area is 151 Å². The Bertz CT molecular complexity index is 871. The van der Waals surface area contributed by atoms with Crippen LogP contribution in [-0.2, 0) is 11.3 Å². The number of hydrogen-bond acceptors (Lipinski definition) is 5. The first-order chi connectivity index (χ1) is 12.7. The lowest BCUT2D eigenvalue weighted by atomic mass is 10.0. The van der Waals surface area contributed by atoms with Crippen LogP contribution in [0.25, 0.3) is 11.7 Å². The number of carbonyl (C=O) groups excluding carboxylic acids is 1. The third-order valence-electron chi connectivity index (χ3n) is 4.70. The van der Waals surface area contributed by atoms with E-state index in [-0.39, 0.29) is 11.9 Å². The van der Waals surface area contributed by atoms with Crippen molar-refractivity contribution < 1.29 is 13.6 Å². The fourth-order valence-electron chi connectivity index (χ4n) is 3.34. The van der Waals surface area contributed by atoms with Crippen LogP contribution >= 0.6 is 0 Å². The average Bonchev–Trinajstić information content (AvgIpc) is 3.26. The highest BCUT2D eigenvalue weighted by Gasteiger charge is 2.28. The summed E-state index contributed by atoms with van der Waals surface area (Å²) in [4.78, 5) is 19.0. The van der Waals surface area contributed by atoms with E-state index >= 15 is 0 Å². The van der Waals surface area contributed by atoms with E-state index in [0.717, 1.165) is 23.6 Å². The SMILES string of the molecule is Cc1oc(-c2ccco2)nc1CN1CCNC(=O)C[C@@H]1c1ccccc1. The largest absolute Gasteiger partial charge is 0.459 e. The maximum absolute atomic E-state index is 12.1. The molecule has 1 aromatic carbocycles. The first kappa shape index (κ1) is 16.6. The van der Waals surface area contributed by atoms with E-state index in [1.54, 1.807) is 6.26 Å². The lowest BCUT2D eigenvalue weighted by Gasteiger charge is -2.28. The van der Waals surface area contributed by atoms with E-state index in [9.17, 15) is 4.79 Å². The number of amides is 1. The normalized spacial score (nSPS) is 18.5. The fourth-order valence-corrected chi connectivity index (χ4v) is 3.34. The van der Waals surface area contributed by atoms with Crippen molar-refractivity contribution in [2.24, 2.45) is 0 Å². The van der Waals surface area contributed by atoms with Crippen LogP contribution in [0, 0.1) is 6.92 Å². The van der Waals surface area contributed by atoms with Gasteiger partial charge < -0.3 is 14.2 Å². The van der Waals surface area contributed by atoms with Crippen LogP contribution < -0.4 is 5.32 Å². The molecule has 1 fully saturated rings. The molecule has 0 saturated carbocycles. The summed E-state index contributed by atoms with van der Waals surface area (Å²) < 4.78 is 11.2. The van der Waals surface area contributed by atoms with Gasteiger partial charge in [0.25, 0.3) is 5.89 Å². The topological polar surface area (TPSA) is 71.5 Å². The number of aryl methyl sites for hydroxylation is 1. The minimum Gasteiger partial charge on any atom is -0.459 e.